The molecule has 3 atom stereocenters. The van der Waals surface area contributed by atoms with Gasteiger partial charge in [-0.05, 0) is 97.0 Å². The van der Waals surface area contributed by atoms with E-state index in [0.717, 1.165) is 47.0 Å². The number of piperidine rings is 1. The van der Waals surface area contributed by atoms with Crippen LogP contribution in [0.1, 0.15) is 50.5 Å². The van der Waals surface area contributed by atoms with Crippen LogP contribution < -0.4 is 10.2 Å². The van der Waals surface area contributed by atoms with E-state index >= 15 is 0 Å². The molecule has 8 heteroatoms. The van der Waals surface area contributed by atoms with Gasteiger partial charge in [-0.25, -0.2) is 9.97 Å². The average molecular weight is 579 g/mol. The molecule has 1 saturated heterocycles. The summed E-state index contributed by atoms with van der Waals surface area (Å²) in [4.78, 5) is 23.4. The predicted octanol–water partition coefficient (Wildman–Crippen LogP) is 6.54. The molecular formula is C35H42N6O2. The van der Waals surface area contributed by atoms with Crippen LogP contribution in [0.4, 0.5) is 11.5 Å². The Morgan fingerprint density at radius 2 is 1.79 bits per heavy atom. The zero-order valence-corrected chi connectivity index (χ0v) is 25.3. The number of hydrogen-bond donors (Lipinski definition) is 1. The number of esters is 1. The summed E-state index contributed by atoms with van der Waals surface area (Å²) in [5, 5.41) is 8.28. The number of ether oxygens (including phenoxy) is 1. The molecule has 1 aliphatic carbocycles. The van der Waals surface area contributed by atoms with Crippen molar-refractivity contribution in [1.29, 1.82) is 0 Å². The monoisotopic (exact) mass is 578 g/mol. The third-order valence-corrected chi connectivity index (χ3v) is 9.08. The fourth-order valence-corrected chi connectivity index (χ4v) is 6.87. The number of aryl methyl sites for hydroxylation is 1. The molecule has 2 fully saturated rings. The Morgan fingerprint density at radius 1 is 0.953 bits per heavy atom. The van der Waals surface area contributed by atoms with E-state index in [4.69, 9.17) is 9.72 Å². The Morgan fingerprint density at radius 3 is 2.60 bits per heavy atom. The molecular weight excluding hydrogens is 536 g/mol. The molecule has 0 unspecified atom stereocenters. The molecule has 3 heterocycles. The maximum Gasteiger partial charge on any atom is 0.309 e. The van der Waals surface area contributed by atoms with Gasteiger partial charge < -0.3 is 15.0 Å². The zero-order valence-electron chi connectivity index (χ0n) is 25.3. The molecule has 1 N–H and O–H groups in total. The molecule has 2 aliphatic rings. The Balaban J connectivity index is 1.09. The van der Waals surface area contributed by atoms with Gasteiger partial charge in [0.05, 0.1) is 13.5 Å². The number of nitrogens with zero attached hydrogens (tertiary/aromatic N) is 5. The molecule has 224 valence electrons. The van der Waals surface area contributed by atoms with Gasteiger partial charge in [-0.3, -0.25) is 9.48 Å². The first kappa shape index (κ1) is 28.9. The van der Waals surface area contributed by atoms with Gasteiger partial charge in [-0.2, -0.15) is 5.10 Å². The molecule has 0 spiro atoms. The van der Waals surface area contributed by atoms with Crippen molar-refractivity contribution < 1.29 is 9.53 Å². The minimum Gasteiger partial charge on any atom is -0.469 e. The molecule has 2 aromatic carbocycles. The van der Waals surface area contributed by atoms with E-state index in [0.29, 0.717) is 17.9 Å². The Hall–Kier alpha value is -4.20. The lowest BCUT2D eigenvalue weighted by atomic mass is 9.77. The van der Waals surface area contributed by atoms with Crippen molar-refractivity contribution in [3.8, 4) is 22.5 Å². The van der Waals surface area contributed by atoms with Crippen LogP contribution in [-0.4, -0.2) is 52.0 Å². The van der Waals surface area contributed by atoms with Crippen LogP contribution in [0, 0.1) is 11.8 Å². The van der Waals surface area contributed by atoms with Crippen molar-refractivity contribution in [2.45, 2.75) is 57.4 Å². The van der Waals surface area contributed by atoms with E-state index in [9.17, 15) is 4.79 Å². The molecule has 4 aromatic rings. The fourth-order valence-electron chi connectivity index (χ4n) is 6.87. The van der Waals surface area contributed by atoms with Crippen LogP contribution in [0.25, 0.3) is 22.5 Å². The first-order valence-corrected chi connectivity index (χ1v) is 15.6. The van der Waals surface area contributed by atoms with Crippen LogP contribution in [-0.2, 0) is 23.0 Å². The smallest absolute Gasteiger partial charge is 0.309 e. The van der Waals surface area contributed by atoms with Gasteiger partial charge in [0.1, 0.15) is 12.1 Å². The normalized spacial score (nSPS) is 20.5. The fraction of sp³-hybridized carbons (Fsp3) is 0.429. The highest BCUT2D eigenvalue weighted by atomic mass is 16.5. The maximum absolute atomic E-state index is 11.8. The highest BCUT2D eigenvalue weighted by Gasteiger charge is 2.30. The summed E-state index contributed by atoms with van der Waals surface area (Å²) in [6.07, 6.45) is 12.7. The Kier molecular flexibility index (Phi) is 9.01. The van der Waals surface area contributed by atoms with Crippen LogP contribution in [0.5, 0.6) is 0 Å². The van der Waals surface area contributed by atoms with Gasteiger partial charge in [-0.15, -0.1) is 0 Å². The number of carbonyl (C=O) groups excluding carboxylic acids is 1. The molecule has 6 rings (SSSR count). The summed E-state index contributed by atoms with van der Waals surface area (Å²) in [5.41, 5.74) is 5.48. The van der Waals surface area contributed by atoms with Gasteiger partial charge in [0.2, 0.25) is 0 Å². The number of pyridine rings is 1. The number of nitrogens with one attached hydrogen (secondary N) is 1. The lowest BCUT2D eigenvalue weighted by Crippen LogP contribution is -2.39. The third kappa shape index (κ3) is 7.24. The van der Waals surface area contributed by atoms with Gasteiger partial charge in [0.15, 0.2) is 5.82 Å². The van der Waals surface area contributed by atoms with Gasteiger partial charge in [0.25, 0.3) is 0 Å². The van der Waals surface area contributed by atoms with Crippen LogP contribution >= 0.6 is 0 Å². The van der Waals surface area contributed by atoms with Crippen LogP contribution in [0.15, 0.2) is 73.2 Å². The highest BCUT2D eigenvalue weighted by Crippen LogP contribution is 2.36. The minimum absolute atomic E-state index is 0.227. The summed E-state index contributed by atoms with van der Waals surface area (Å²) < 4.78 is 6.59. The van der Waals surface area contributed by atoms with E-state index in [1.54, 1.807) is 11.0 Å². The molecule has 2 aromatic heterocycles. The molecule has 0 amide bonds. The predicted molar refractivity (Wildman–Crippen MR) is 171 cm³/mol. The van der Waals surface area contributed by atoms with Crippen molar-refractivity contribution in [2.24, 2.45) is 18.9 Å². The van der Waals surface area contributed by atoms with E-state index in [2.05, 4.69) is 62.8 Å². The number of anilines is 2. The second kappa shape index (κ2) is 13.4. The number of hydrogen-bond acceptors (Lipinski definition) is 7. The Bertz CT molecular complexity index is 1520. The number of carbonyl (C=O) groups is 1. The van der Waals surface area contributed by atoms with Crippen LogP contribution in [0.3, 0.4) is 0 Å². The quantitative estimate of drug-likeness (QED) is 0.226. The van der Waals surface area contributed by atoms with Crippen molar-refractivity contribution in [3.63, 3.8) is 0 Å². The molecule has 1 aliphatic heterocycles. The summed E-state index contributed by atoms with van der Waals surface area (Å²) in [6, 6.07) is 21.5. The van der Waals surface area contributed by atoms with E-state index in [1.165, 1.54) is 57.7 Å². The molecule has 0 bridgehead atoms. The zero-order chi connectivity index (χ0) is 29.6. The second-order valence-corrected chi connectivity index (χ2v) is 12.2. The Labute approximate surface area is 254 Å². The number of rotatable bonds is 9. The number of aromatic nitrogens is 4. The van der Waals surface area contributed by atoms with Gasteiger partial charge >= 0.3 is 5.97 Å². The number of methoxy groups -OCH3 is 1. The standard InChI is InChI=1S/C35H42N6O2/c1-40-24-37-35(39-40)27-12-14-31(15-13-27)41-18-6-8-26(23-41)20-30-9-3-4-11-32(30)38-33-22-29(16-17-36-33)28-10-5-7-25(19-28)21-34(42)43-2/h5,7,10,12-17,19,22,24,26,30,32H,3-4,6,8-9,11,18,20-21,23H2,1-2H3,(H,36,38)/t26-,30+,32-/m1/s1. The summed E-state index contributed by atoms with van der Waals surface area (Å²) in [5.74, 6) is 2.81. The first-order chi connectivity index (χ1) is 21.0. The third-order valence-electron chi connectivity index (χ3n) is 9.08. The minimum atomic E-state index is -0.227. The molecule has 43 heavy (non-hydrogen) atoms. The molecule has 1 saturated carbocycles. The largest absolute Gasteiger partial charge is 0.469 e. The summed E-state index contributed by atoms with van der Waals surface area (Å²) in [6.45, 7) is 2.22. The summed E-state index contributed by atoms with van der Waals surface area (Å²) >= 11 is 0. The SMILES string of the molecule is COC(=O)Cc1cccc(-c2ccnc(N[C@@H]3CCCC[C@H]3C[C@H]3CCCN(c4ccc(-c5ncn(C)n5)cc4)C3)c2)c1. The van der Waals surface area contributed by atoms with Gasteiger partial charge in [0, 0.05) is 43.6 Å². The summed E-state index contributed by atoms with van der Waals surface area (Å²) in [7, 11) is 3.32. The van der Waals surface area contributed by atoms with E-state index in [1.807, 2.05) is 31.4 Å². The van der Waals surface area contributed by atoms with Crippen molar-refractivity contribution >= 4 is 17.5 Å². The van der Waals surface area contributed by atoms with Gasteiger partial charge in [-0.1, -0.05) is 37.1 Å². The van der Waals surface area contributed by atoms with E-state index in [-0.39, 0.29) is 12.4 Å². The van der Waals surface area contributed by atoms with E-state index < -0.39 is 0 Å². The molecule has 0 radical (unpaired) electrons. The molecule has 8 nitrogen and oxygen atoms in total. The van der Waals surface area contributed by atoms with Crippen molar-refractivity contribution in [2.75, 3.05) is 30.4 Å². The lowest BCUT2D eigenvalue weighted by molar-refractivity contribution is -0.139. The van der Waals surface area contributed by atoms with Crippen molar-refractivity contribution in [3.05, 3.63) is 78.8 Å². The second-order valence-electron chi connectivity index (χ2n) is 12.2. The number of benzene rings is 2. The first-order valence-electron chi connectivity index (χ1n) is 15.6. The maximum atomic E-state index is 11.8. The van der Waals surface area contributed by atoms with Crippen molar-refractivity contribution in [1.82, 2.24) is 19.7 Å². The average Bonchev–Trinajstić information content (AvgIpc) is 3.48. The van der Waals surface area contributed by atoms with Crippen LogP contribution in [0.2, 0.25) is 0 Å². The lowest BCUT2D eigenvalue weighted by Gasteiger charge is -2.39. The highest BCUT2D eigenvalue weighted by molar-refractivity contribution is 5.74. The topological polar surface area (TPSA) is 85.2 Å².